The number of carbonyl (C=O) groups is 1. The molecule has 0 atom stereocenters. The Kier molecular flexibility index (Phi) is 25.6. The van der Waals surface area contributed by atoms with Crippen LogP contribution in [0.1, 0.15) is 154 Å². The minimum absolute atomic E-state index is 0.155. The van der Waals surface area contributed by atoms with Gasteiger partial charge in [0.25, 0.3) is 0 Å². The molecule has 47 heavy (non-hydrogen) atoms. The van der Waals surface area contributed by atoms with Crippen LogP contribution in [0.25, 0.3) is 0 Å². The SMILES string of the molecule is CCCCCCCCCCCCOc1cc(COC(=O)CCCN2CCN(CCO)CC2)cc(OCCCCCCCCCCC)c1. The molecule has 0 radical (unpaired) electrons. The fourth-order valence-electron chi connectivity index (χ4n) is 6.32. The predicted octanol–water partition coefficient (Wildman–Crippen LogP) is 9.33. The van der Waals surface area contributed by atoms with E-state index in [1.54, 1.807) is 0 Å². The molecule has 0 aromatic heterocycles. The van der Waals surface area contributed by atoms with Gasteiger partial charge in [0.05, 0.1) is 19.8 Å². The van der Waals surface area contributed by atoms with Gasteiger partial charge in [-0.2, -0.15) is 0 Å². The largest absolute Gasteiger partial charge is 0.493 e. The van der Waals surface area contributed by atoms with E-state index in [4.69, 9.17) is 19.3 Å². The lowest BCUT2D eigenvalue weighted by molar-refractivity contribution is -0.145. The number of esters is 1. The van der Waals surface area contributed by atoms with Crippen molar-refractivity contribution in [3.05, 3.63) is 23.8 Å². The van der Waals surface area contributed by atoms with Crippen LogP contribution in [0.3, 0.4) is 0 Å². The van der Waals surface area contributed by atoms with Gasteiger partial charge in [0.15, 0.2) is 0 Å². The van der Waals surface area contributed by atoms with Crippen molar-refractivity contribution in [3.63, 3.8) is 0 Å². The molecule has 7 nitrogen and oxygen atoms in total. The highest BCUT2D eigenvalue weighted by Crippen LogP contribution is 2.25. The fourth-order valence-corrected chi connectivity index (χ4v) is 6.32. The Morgan fingerprint density at radius 1 is 0.596 bits per heavy atom. The first-order chi connectivity index (χ1) is 23.1. The van der Waals surface area contributed by atoms with Crippen molar-refractivity contribution in [1.29, 1.82) is 0 Å². The van der Waals surface area contributed by atoms with Crippen molar-refractivity contribution in [2.75, 3.05) is 59.1 Å². The zero-order valence-electron chi connectivity index (χ0n) is 30.6. The van der Waals surface area contributed by atoms with E-state index in [0.29, 0.717) is 19.6 Å². The Balaban J connectivity index is 1.72. The van der Waals surface area contributed by atoms with Gasteiger partial charge in [-0.15, -0.1) is 0 Å². The van der Waals surface area contributed by atoms with E-state index in [9.17, 15) is 4.79 Å². The van der Waals surface area contributed by atoms with E-state index < -0.39 is 0 Å². The maximum absolute atomic E-state index is 12.6. The van der Waals surface area contributed by atoms with Gasteiger partial charge in [-0.05, 0) is 43.5 Å². The van der Waals surface area contributed by atoms with Crippen LogP contribution >= 0.6 is 0 Å². The van der Waals surface area contributed by atoms with Crippen LogP contribution in [0.15, 0.2) is 18.2 Å². The third-order valence-electron chi connectivity index (χ3n) is 9.36. The Morgan fingerprint density at radius 2 is 1.02 bits per heavy atom. The number of unbranched alkanes of at least 4 members (excludes halogenated alkanes) is 17. The molecule has 1 aromatic carbocycles. The number of hydrogen-bond acceptors (Lipinski definition) is 7. The van der Waals surface area contributed by atoms with E-state index >= 15 is 0 Å². The monoisotopic (exact) mass is 661 g/mol. The number of ether oxygens (including phenoxy) is 3. The number of aliphatic hydroxyl groups is 1. The van der Waals surface area contributed by atoms with Crippen molar-refractivity contribution in [3.8, 4) is 11.5 Å². The third-order valence-corrected chi connectivity index (χ3v) is 9.36. The third kappa shape index (κ3) is 22.4. The highest BCUT2D eigenvalue weighted by molar-refractivity contribution is 5.69. The Morgan fingerprint density at radius 3 is 1.47 bits per heavy atom. The Bertz CT molecular complexity index is 874. The molecule has 0 spiro atoms. The molecule has 1 aliphatic heterocycles. The molecular weight excluding hydrogens is 588 g/mol. The number of β-amino-alcohol motifs (C(OH)–C–C–N with tert-alkyl or cyclic N) is 1. The smallest absolute Gasteiger partial charge is 0.306 e. The molecule has 0 unspecified atom stereocenters. The summed E-state index contributed by atoms with van der Waals surface area (Å²) >= 11 is 0. The van der Waals surface area contributed by atoms with Crippen molar-refractivity contribution >= 4 is 5.97 Å². The van der Waals surface area contributed by atoms with Crippen LogP contribution in [0.2, 0.25) is 0 Å². The molecule has 1 N–H and O–H groups in total. The molecular formula is C40H72N2O5. The first kappa shape index (κ1) is 41.3. The average molecular weight is 661 g/mol. The minimum atomic E-state index is -0.155. The van der Waals surface area contributed by atoms with Gasteiger partial charge >= 0.3 is 5.97 Å². The summed E-state index contributed by atoms with van der Waals surface area (Å²) in [6.07, 6.45) is 25.9. The summed E-state index contributed by atoms with van der Waals surface area (Å²) in [6.45, 7) is 12.0. The number of piperazine rings is 1. The average Bonchev–Trinajstić information content (AvgIpc) is 3.08. The molecule has 7 heteroatoms. The minimum Gasteiger partial charge on any atom is -0.493 e. The number of benzene rings is 1. The Hall–Kier alpha value is -1.83. The summed E-state index contributed by atoms with van der Waals surface area (Å²) < 4.78 is 18.0. The highest BCUT2D eigenvalue weighted by atomic mass is 16.5. The van der Waals surface area contributed by atoms with E-state index in [1.165, 1.54) is 109 Å². The van der Waals surface area contributed by atoms with Crippen LogP contribution < -0.4 is 9.47 Å². The van der Waals surface area contributed by atoms with Gasteiger partial charge in [-0.25, -0.2) is 0 Å². The van der Waals surface area contributed by atoms with E-state index in [2.05, 4.69) is 23.6 Å². The molecule has 272 valence electrons. The van der Waals surface area contributed by atoms with Crippen LogP contribution in [-0.4, -0.2) is 80.0 Å². The normalized spacial score (nSPS) is 14.0. The zero-order valence-corrected chi connectivity index (χ0v) is 30.6. The summed E-state index contributed by atoms with van der Waals surface area (Å²) in [6, 6.07) is 6.00. The summed E-state index contributed by atoms with van der Waals surface area (Å²) in [4.78, 5) is 17.3. The summed E-state index contributed by atoms with van der Waals surface area (Å²) in [5.41, 5.74) is 0.918. The van der Waals surface area contributed by atoms with Gasteiger partial charge in [0, 0.05) is 45.2 Å². The quantitative estimate of drug-likeness (QED) is 0.0629. The first-order valence-corrected chi connectivity index (χ1v) is 19.7. The fraction of sp³-hybridized carbons (Fsp3) is 0.825. The number of aliphatic hydroxyl groups excluding tert-OH is 1. The second-order valence-corrected chi connectivity index (χ2v) is 13.7. The molecule has 1 fully saturated rings. The second kappa shape index (κ2) is 29.1. The summed E-state index contributed by atoms with van der Waals surface area (Å²) in [5.74, 6) is 1.45. The van der Waals surface area contributed by atoms with Crippen molar-refractivity contribution in [1.82, 2.24) is 9.80 Å². The lowest BCUT2D eigenvalue weighted by atomic mass is 10.1. The Labute approximate surface area is 289 Å². The van der Waals surface area contributed by atoms with Crippen molar-refractivity contribution in [2.24, 2.45) is 0 Å². The van der Waals surface area contributed by atoms with Crippen molar-refractivity contribution < 1.29 is 24.1 Å². The lowest BCUT2D eigenvalue weighted by Crippen LogP contribution is -2.47. The van der Waals surface area contributed by atoms with Gasteiger partial charge < -0.3 is 24.2 Å². The van der Waals surface area contributed by atoms with Gasteiger partial charge in [-0.1, -0.05) is 123 Å². The van der Waals surface area contributed by atoms with E-state index in [-0.39, 0.29) is 19.2 Å². The molecule has 0 aliphatic carbocycles. The highest BCUT2D eigenvalue weighted by Gasteiger charge is 2.16. The second-order valence-electron chi connectivity index (χ2n) is 13.7. The number of carbonyl (C=O) groups excluding carboxylic acids is 1. The lowest BCUT2D eigenvalue weighted by Gasteiger charge is -2.34. The van der Waals surface area contributed by atoms with Gasteiger partial charge in [0.1, 0.15) is 18.1 Å². The maximum Gasteiger partial charge on any atom is 0.306 e. The first-order valence-electron chi connectivity index (χ1n) is 19.7. The zero-order chi connectivity index (χ0) is 33.6. The van der Waals surface area contributed by atoms with Gasteiger partial charge in [0.2, 0.25) is 0 Å². The molecule has 0 bridgehead atoms. The topological polar surface area (TPSA) is 71.5 Å². The predicted molar refractivity (Wildman–Crippen MR) is 195 cm³/mol. The van der Waals surface area contributed by atoms with Gasteiger partial charge in [-0.3, -0.25) is 9.69 Å². The number of rotatable bonds is 31. The van der Waals surface area contributed by atoms with E-state index in [1.807, 2.05) is 18.2 Å². The summed E-state index contributed by atoms with van der Waals surface area (Å²) in [5, 5.41) is 9.14. The maximum atomic E-state index is 12.6. The standard InChI is InChI=1S/C40H72N2O5/c1-3-5-7-9-11-13-15-17-19-21-32-46-39-34-37(33-38(35-39)45-31-20-18-16-14-12-10-8-6-4-2)36-47-40(44)23-22-24-41-25-27-42(28-26-41)29-30-43/h33-35,43H,3-32,36H2,1-2H3. The molecule has 0 amide bonds. The van der Waals surface area contributed by atoms with E-state index in [0.717, 1.165) is 75.6 Å². The van der Waals surface area contributed by atoms with Crippen LogP contribution in [0, 0.1) is 0 Å². The molecule has 1 saturated heterocycles. The number of nitrogens with zero attached hydrogens (tertiary/aromatic N) is 2. The van der Waals surface area contributed by atoms with Crippen LogP contribution in [0.4, 0.5) is 0 Å². The van der Waals surface area contributed by atoms with Crippen LogP contribution in [-0.2, 0) is 16.1 Å². The summed E-state index contributed by atoms with van der Waals surface area (Å²) in [7, 11) is 0. The molecule has 1 heterocycles. The number of hydrogen-bond donors (Lipinski definition) is 1. The molecule has 0 saturated carbocycles. The van der Waals surface area contributed by atoms with Crippen LogP contribution in [0.5, 0.6) is 11.5 Å². The molecule has 1 aliphatic rings. The molecule has 1 aromatic rings. The van der Waals surface area contributed by atoms with Crippen molar-refractivity contribution in [2.45, 2.75) is 155 Å². The molecule has 2 rings (SSSR count).